The smallest absolute Gasteiger partial charge is 0.320 e. The fraction of sp³-hybridized carbons (Fsp3) is 0.900. The minimum atomic E-state index is -1.49. The van der Waals surface area contributed by atoms with Gasteiger partial charge in [0.05, 0.1) is 0 Å². The van der Waals surface area contributed by atoms with Crippen LogP contribution in [0.5, 0.6) is 0 Å². The Balaban J connectivity index is 2.22. The van der Waals surface area contributed by atoms with Crippen LogP contribution < -0.4 is 5.73 Å². The number of rotatable bonds is 7. The van der Waals surface area contributed by atoms with E-state index < -0.39 is 36.7 Å². The maximum Gasteiger partial charge on any atom is 0.320 e. The van der Waals surface area contributed by atoms with Crippen molar-refractivity contribution in [2.24, 2.45) is 5.73 Å². The predicted molar refractivity (Wildman–Crippen MR) is 64.1 cm³/mol. The zero-order chi connectivity index (χ0) is 13.7. The number of methoxy groups -OCH3 is 1. The van der Waals surface area contributed by atoms with E-state index in [1.165, 1.54) is 18.9 Å². The minimum Gasteiger partial charge on any atom is -0.480 e. The molecule has 0 saturated carbocycles. The Morgan fingerprint density at radius 3 is 2.83 bits per heavy atom. The largest absolute Gasteiger partial charge is 0.480 e. The van der Waals surface area contributed by atoms with Crippen molar-refractivity contribution in [2.75, 3.05) is 18.6 Å². The molecule has 1 rings (SSSR count). The lowest BCUT2D eigenvalue weighted by molar-refractivity contribution is -0.145. The van der Waals surface area contributed by atoms with Gasteiger partial charge < -0.3 is 25.4 Å². The van der Waals surface area contributed by atoms with Crippen LogP contribution in [0.15, 0.2) is 0 Å². The predicted octanol–water partition coefficient (Wildman–Crippen LogP) is -0.408. The maximum atomic E-state index is 13.5. The van der Waals surface area contributed by atoms with Gasteiger partial charge in [-0.2, -0.15) is 11.8 Å². The van der Waals surface area contributed by atoms with Crippen molar-refractivity contribution >= 4 is 17.7 Å². The molecule has 6 nitrogen and oxygen atoms in total. The van der Waals surface area contributed by atoms with Gasteiger partial charge in [0.1, 0.15) is 18.2 Å². The van der Waals surface area contributed by atoms with Gasteiger partial charge in [0.2, 0.25) is 0 Å². The number of aliphatic hydroxyl groups excluding tert-OH is 1. The number of thioether (sulfide) groups is 1. The Morgan fingerprint density at radius 2 is 2.33 bits per heavy atom. The standard InChI is InChI=1S/C10H18FNO5S/c1-16-10-8(13)7(11)6(17-10)4-18-3-2-5(12)9(14)15/h5-8,10,13H,2-4,12H2,1H3,(H,14,15)/t5-,6+,7-,8+,10?/m0/s1. The van der Waals surface area contributed by atoms with Crippen LogP contribution >= 0.6 is 11.8 Å². The summed E-state index contributed by atoms with van der Waals surface area (Å²) in [7, 11) is 1.34. The molecule has 8 heteroatoms. The number of ether oxygens (including phenoxy) is 2. The number of carboxylic acid groups (broad SMARTS) is 1. The number of halogens is 1. The molecule has 4 N–H and O–H groups in total. The summed E-state index contributed by atoms with van der Waals surface area (Å²) >= 11 is 1.34. The Bertz CT molecular complexity index is 283. The summed E-state index contributed by atoms with van der Waals surface area (Å²) in [5.41, 5.74) is 5.33. The van der Waals surface area contributed by atoms with Crippen molar-refractivity contribution in [2.45, 2.75) is 37.1 Å². The average molecular weight is 283 g/mol. The van der Waals surface area contributed by atoms with E-state index in [0.717, 1.165) is 0 Å². The van der Waals surface area contributed by atoms with Gasteiger partial charge in [-0.15, -0.1) is 0 Å². The van der Waals surface area contributed by atoms with Crippen molar-refractivity contribution in [3.05, 3.63) is 0 Å². The van der Waals surface area contributed by atoms with E-state index in [2.05, 4.69) is 0 Å². The second kappa shape index (κ2) is 7.25. The second-order valence-corrected chi connectivity index (χ2v) is 5.17. The Hall–Kier alpha value is -0.410. The highest BCUT2D eigenvalue weighted by molar-refractivity contribution is 7.99. The van der Waals surface area contributed by atoms with Gasteiger partial charge in [0, 0.05) is 12.9 Å². The van der Waals surface area contributed by atoms with E-state index in [1.54, 1.807) is 0 Å². The number of hydrogen-bond acceptors (Lipinski definition) is 6. The van der Waals surface area contributed by atoms with E-state index in [4.69, 9.17) is 20.3 Å². The average Bonchev–Trinajstić information content (AvgIpc) is 2.61. The van der Waals surface area contributed by atoms with Crippen LogP contribution in [0.1, 0.15) is 6.42 Å². The lowest BCUT2D eigenvalue weighted by Crippen LogP contribution is -2.31. The molecule has 5 atom stereocenters. The molecule has 0 radical (unpaired) electrons. The third-order valence-corrected chi connectivity index (χ3v) is 3.76. The molecular weight excluding hydrogens is 265 g/mol. The highest BCUT2D eigenvalue weighted by atomic mass is 32.2. The van der Waals surface area contributed by atoms with Crippen LogP contribution in [0.25, 0.3) is 0 Å². The van der Waals surface area contributed by atoms with Crippen molar-refractivity contribution in [3.8, 4) is 0 Å². The molecule has 0 aromatic rings. The molecule has 18 heavy (non-hydrogen) atoms. The van der Waals surface area contributed by atoms with Crippen LogP contribution in [0.3, 0.4) is 0 Å². The van der Waals surface area contributed by atoms with Gasteiger partial charge in [0.25, 0.3) is 0 Å². The number of aliphatic carboxylic acids is 1. The van der Waals surface area contributed by atoms with Gasteiger partial charge in [-0.25, -0.2) is 4.39 Å². The summed E-state index contributed by atoms with van der Waals surface area (Å²) in [6.45, 7) is 0. The first-order chi connectivity index (χ1) is 8.47. The fourth-order valence-corrected chi connectivity index (χ4v) is 2.64. The Labute approximate surface area is 109 Å². The van der Waals surface area contributed by atoms with E-state index in [-0.39, 0.29) is 0 Å². The second-order valence-electron chi connectivity index (χ2n) is 4.02. The van der Waals surface area contributed by atoms with Crippen LogP contribution in [-0.4, -0.2) is 65.5 Å². The van der Waals surface area contributed by atoms with Gasteiger partial charge in [-0.1, -0.05) is 0 Å². The zero-order valence-electron chi connectivity index (χ0n) is 9.99. The van der Waals surface area contributed by atoms with Crippen LogP contribution in [-0.2, 0) is 14.3 Å². The lowest BCUT2D eigenvalue weighted by Gasteiger charge is -2.12. The normalized spacial score (nSPS) is 33.6. The molecule has 1 fully saturated rings. The molecule has 0 aromatic heterocycles. The van der Waals surface area contributed by atoms with E-state index in [1.807, 2.05) is 0 Å². The lowest BCUT2D eigenvalue weighted by atomic mass is 10.2. The van der Waals surface area contributed by atoms with Crippen molar-refractivity contribution in [3.63, 3.8) is 0 Å². The van der Waals surface area contributed by atoms with Crippen LogP contribution in [0.2, 0.25) is 0 Å². The topological polar surface area (TPSA) is 102 Å². The molecule has 0 spiro atoms. The SMILES string of the molecule is COC1O[C@H](CSCC[C@H](N)C(=O)O)[C@H](F)[C@H]1O. The molecule has 0 bridgehead atoms. The molecule has 1 aliphatic rings. The highest BCUT2D eigenvalue weighted by Crippen LogP contribution is 2.27. The monoisotopic (exact) mass is 283 g/mol. The molecule has 0 amide bonds. The molecule has 1 unspecified atom stereocenters. The summed E-state index contributed by atoms with van der Waals surface area (Å²) < 4.78 is 23.5. The number of carboxylic acids is 1. The third kappa shape index (κ3) is 4.06. The first-order valence-corrected chi connectivity index (χ1v) is 6.69. The molecule has 1 aliphatic heterocycles. The first kappa shape index (κ1) is 15.6. The maximum absolute atomic E-state index is 13.5. The summed E-state index contributed by atoms with van der Waals surface area (Å²) in [6, 6.07) is -0.902. The molecule has 0 aromatic carbocycles. The van der Waals surface area contributed by atoms with Gasteiger partial charge in [-0.3, -0.25) is 4.79 Å². The van der Waals surface area contributed by atoms with Crippen molar-refractivity contribution in [1.82, 2.24) is 0 Å². The van der Waals surface area contributed by atoms with Gasteiger partial charge >= 0.3 is 5.97 Å². The molecule has 1 heterocycles. The number of aliphatic hydroxyl groups is 1. The fourth-order valence-electron chi connectivity index (χ4n) is 1.56. The van der Waals surface area contributed by atoms with Gasteiger partial charge in [-0.05, 0) is 12.2 Å². The van der Waals surface area contributed by atoms with E-state index >= 15 is 0 Å². The summed E-state index contributed by atoms with van der Waals surface area (Å²) in [5, 5.41) is 18.0. The van der Waals surface area contributed by atoms with E-state index in [9.17, 15) is 14.3 Å². The van der Waals surface area contributed by atoms with Crippen molar-refractivity contribution in [1.29, 1.82) is 0 Å². The zero-order valence-corrected chi connectivity index (χ0v) is 10.8. The molecule has 0 aliphatic carbocycles. The summed E-state index contributed by atoms with van der Waals surface area (Å²) in [6.07, 6.45) is -4.14. The van der Waals surface area contributed by atoms with Gasteiger partial charge in [0.15, 0.2) is 12.5 Å². The number of nitrogens with two attached hydrogens (primary N) is 1. The minimum absolute atomic E-state index is 0.305. The third-order valence-electron chi connectivity index (χ3n) is 2.67. The Morgan fingerprint density at radius 1 is 1.67 bits per heavy atom. The Kier molecular flexibility index (Phi) is 6.30. The number of carbonyl (C=O) groups is 1. The molecule has 1 saturated heterocycles. The molecular formula is C10H18FNO5S. The summed E-state index contributed by atoms with van der Waals surface area (Å²) in [5.74, 6) is -0.232. The number of alkyl halides is 1. The van der Waals surface area contributed by atoms with Crippen LogP contribution in [0.4, 0.5) is 4.39 Å². The summed E-state index contributed by atoms with van der Waals surface area (Å²) in [4.78, 5) is 10.5. The van der Waals surface area contributed by atoms with Crippen molar-refractivity contribution < 1.29 is 28.9 Å². The van der Waals surface area contributed by atoms with Crippen LogP contribution in [0, 0.1) is 0 Å². The molecule has 106 valence electrons. The highest BCUT2D eigenvalue weighted by Gasteiger charge is 2.44. The number of hydrogen-bond donors (Lipinski definition) is 3. The van der Waals surface area contributed by atoms with E-state index in [0.29, 0.717) is 17.9 Å². The first-order valence-electron chi connectivity index (χ1n) is 5.54. The quantitative estimate of drug-likeness (QED) is 0.546.